The van der Waals surface area contributed by atoms with Gasteiger partial charge in [0.25, 0.3) is 0 Å². The van der Waals surface area contributed by atoms with Gasteiger partial charge < -0.3 is 13.4 Å². The molecule has 0 aliphatic carbocycles. The molecule has 6 aromatic carbocycles. The van der Waals surface area contributed by atoms with Gasteiger partial charge in [-0.15, -0.1) is 0 Å². The Balaban J connectivity index is 1.32. The second-order valence-electron chi connectivity index (χ2n) is 10.3. The lowest BCUT2D eigenvalue weighted by molar-refractivity contribution is 0.668. The molecule has 0 bridgehead atoms. The van der Waals surface area contributed by atoms with Gasteiger partial charge in [-0.1, -0.05) is 76.6 Å². The van der Waals surface area contributed by atoms with Crippen molar-refractivity contribution in [1.82, 2.24) is 4.57 Å². The van der Waals surface area contributed by atoms with Crippen LogP contribution in [0, 0.1) is 0 Å². The third-order valence-electron chi connectivity index (χ3n) is 8.07. The van der Waals surface area contributed by atoms with Crippen molar-refractivity contribution in [3.63, 3.8) is 0 Å². The Kier molecular flexibility index (Phi) is 4.47. The molecule has 4 heteroatoms. The molecule has 9 aromatic rings. The summed E-state index contributed by atoms with van der Waals surface area (Å²) >= 11 is 3.72. The maximum Gasteiger partial charge on any atom is 0.137 e. The van der Waals surface area contributed by atoms with Crippen LogP contribution in [0.15, 0.2) is 135 Å². The molecule has 0 spiro atoms. The molecule has 0 unspecified atom stereocenters. The number of halogens is 1. The van der Waals surface area contributed by atoms with Crippen molar-refractivity contribution in [2.24, 2.45) is 0 Å². The molecule has 3 nitrogen and oxygen atoms in total. The van der Waals surface area contributed by atoms with E-state index in [0.29, 0.717) is 0 Å². The number of rotatable bonds is 2. The predicted molar refractivity (Wildman–Crippen MR) is 168 cm³/mol. The van der Waals surface area contributed by atoms with E-state index in [1.807, 2.05) is 24.3 Å². The first-order valence-electron chi connectivity index (χ1n) is 13.3. The van der Waals surface area contributed by atoms with Crippen LogP contribution in [0.4, 0.5) is 0 Å². The van der Waals surface area contributed by atoms with Crippen molar-refractivity contribution in [3.8, 4) is 16.8 Å². The van der Waals surface area contributed by atoms with Gasteiger partial charge in [0.15, 0.2) is 0 Å². The number of hydrogen-bond acceptors (Lipinski definition) is 2. The zero-order chi connectivity index (χ0) is 26.4. The van der Waals surface area contributed by atoms with Gasteiger partial charge in [0.2, 0.25) is 0 Å². The Labute approximate surface area is 237 Å². The van der Waals surface area contributed by atoms with Crippen molar-refractivity contribution in [2.45, 2.75) is 0 Å². The highest BCUT2D eigenvalue weighted by Gasteiger charge is 2.18. The summed E-state index contributed by atoms with van der Waals surface area (Å²) in [6.07, 6.45) is 0. The van der Waals surface area contributed by atoms with E-state index < -0.39 is 0 Å². The highest BCUT2D eigenvalue weighted by molar-refractivity contribution is 9.10. The Morgan fingerprint density at radius 2 is 1.07 bits per heavy atom. The first-order chi connectivity index (χ1) is 19.7. The quantitative estimate of drug-likeness (QED) is 0.204. The van der Waals surface area contributed by atoms with E-state index in [1.165, 1.54) is 27.4 Å². The van der Waals surface area contributed by atoms with E-state index in [-0.39, 0.29) is 0 Å². The highest BCUT2D eigenvalue weighted by atomic mass is 79.9. The highest BCUT2D eigenvalue weighted by Crippen LogP contribution is 2.41. The average Bonchev–Trinajstić information content (AvgIpc) is 3.66. The van der Waals surface area contributed by atoms with Crippen molar-refractivity contribution >= 4 is 81.6 Å². The number of nitrogens with zero attached hydrogens (tertiary/aromatic N) is 1. The van der Waals surface area contributed by atoms with Crippen LogP contribution in [0.3, 0.4) is 0 Å². The van der Waals surface area contributed by atoms with Crippen LogP contribution >= 0.6 is 15.9 Å². The molecule has 3 heterocycles. The summed E-state index contributed by atoms with van der Waals surface area (Å²) in [5.74, 6) is 0. The molecule has 0 amide bonds. The van der Waals surface area contributed by atoms with Crippen molar-refractivity contribution in [1.29, 1.82) is 0 Å². The minimum absolute atomic E-state index is 0.890. The Morgan fingerprint density at radius 3 is 1.95 bits per heavy atom. The van der Waals surface area contributed by atoms with E-state index >= 15 is 0 Å². The lowest BCUT2D eigenvalue weighted by atomic mass is 10.0. The standard InChI is InChI=1S/C36H20BrNO2/c37-27-9-5-13-33-35(27)26-20-22(16-18-32(26)40-33)21-15-17-29-25(19-21)23-7-1-3-10-28(23)38(29)30-11-6-14-34-36(30)24-8-2-4-12-31(24)39-34/h1-20H. The summed E-state index contributed by atoms with van der Waals surface area (Å²) in [6.45, 7) is 0. The number of hydrogen-bond donors (Lipinski definition) is 0. The molecule has 40 heavy (non-hydrogen) atoms. The molecule has 0 saturated heterocycles. The zero-order valence-corrected chi connectivity index (χ0v) is 22.8. The van der Waals surface area contributed by atoms with Crippen molar-refractivity contribution < 1.29 is 8.83 Å². The van der Waals surface area contributed by atoms with Crippen molar-refractivity contribution in [2.75, 3.05) is 0 Å². The van der Waals surface area contributed by atoms with Gasteiger partial charge in [0, 0.05) is 31.4 Å². The van der Waals surface area contributed by atoms with E-state index in [0.717, 1.165) is 59.6 Å². The minimum atomic E-state index is 0.890. The number of fused-ring (bicyclic) bond motifs is 9. The van der Waals surface area contributed by atoms with E-state index in [4.69, 9.17) is 8.83 Å². The molecule has 0 fully saturated rings. The number of aromatic nitrogens is 1. The predicted octanol–water partition coefficient (Wildman–Crippen LogP) is 11.0. The molecule has 0 radical (unpaired) electrons. The lowest BCUT2D eigenvalue weighted by Crippen LogP contribution is -1.94. The maximum atomic E-state index is 6.24. The topological polar surface area (TPSA) is 31.2 Å². The molecule has 0 aliphatic heterocycles. The smallest absolute Gasteiger partial charge is 0.137 e. The summed E-state index contributed by atoms with van der Waals surface area (Å²) in [5, 5.41) is 6.92. The summed E-state index contributed by atoms with van der Waals surface area (Å²) in [7, 11) is 0. The van der Waals surface area contributed by atoms with Crippen LogP contribution in [0.1, 0.15) is 0 Å². The van der Waals surface area contributed by atoms with Crippen LogP contribution in [0.2, 0.25) is 0 Å². The van der Waals surface area contributed by atoms with Crippen LogP contribution in [0.25, 0.3) is 82.5 Å². The van der Waals surface area contributed by atoms with Gasteiger partial charge >= 0.3 is 0 Å². The van der Waals surface area contributed by atoms with Gasteiger partial charge in [-0.3, -0.25) is 0 Å². The summed E-state index contributed by atoms with van der Waals surface area (Å²) in [5.41, 5.74) is 9.38. The van der Waals surface area contributed by atoms with Crippen LogP contribution in [-0.4, -0.2) is 4.57 Å². The second kappa shape index (κ2) is 8.10. The van der Waals surface area contributed by atoms with E-state index in [9.17, 15) is 0 Å². The molecule has 0 saturated carbocycles. The third kappa shape index (κ3) is 3.00. The zero-order valence-electron chi connectivity index (χ0n) is 21.2. The second-order valence-corrected chi connectivity index (χ2v) is 11.1. The molecule has 0 atom stereocenters. The van der Waals surface area contributed by atoms with Crippen LogP contribution < -0.4 is 0 Å². The first kappa shape index (κ1) is 22.1. The molecule has 188 valence electrons. The molecular weight excluding hydrogens is 558 g/mol. The van der Waals surface area contributed by atoms with E-state index in [2.05, 4.69) is 118 Å². The molecule has 9 rings (SSSR count). The molecule has 0 N–H and O–H groups in total. The van der Waals surface area contributed by atoms with Crippen LogP contribution in [0.5, 0.6) is 0 Å². The monoisotopic (exact) mass is 577 g/mol. The van der Waals surface area contributed by atoms with Crippen molar-refractivity contribution in [3.05, 3.63) is 126 Å². The van der Waals surface area contributed by atoms with E-state index in [1.54, 1.807) is 0 Å². The van der Waals surface area contributed by atoms with Gasteiger partial charge in [0.1, 0.15) is 22.3 Å². The summed E-state index contributed by atoms with van der Waals surface area (Å²) in [6, 6.07) is 42.6. The number of para-hydroxylation sites is 2. The van der Waals surface area contributed by atoms with Gasteiger partial charge in [-0.25, -0.2) is 0 Å². The minimum Gasteiger partial charge on any atom is -0.456 e. The normalized spacial score (nSPS) is 12.1. The third-order valence-corrected chi connectivity index (χ3v) is 8.73. The van der Waals surface area contributed by atoms with Gasteiger partial charge in [-0.05, 0) is 71.8 Å². The summed E-state index contributed by atoms with van der Waals surface area (Å²) in [4.78, 5) is 0. The Bertz CT molecular complexity index is 2460. The Morgan fingerprint density at radius 1 is 0.450 bits per heavy atom. The fourth-order valence-electron chi connectivity index (χ4n) is 6.32. The number of benzene rings is 6. The fraction of sp³-hybridized carbons (Fsp3) is 0. The molecule has 0 aliphatic rings. The average molecular weight is 578 g/mol. The maximum absolute atomic E-state index is 6.24. The SMILES string of the molecule is Brc1cccc2oc3ccc(-c4ccc5c(c4)c4ccccc4n5-c4cccc5oc6ccccc6c45)cc3c12. The largest absolute Gasteiger partial charge is 0.456 e. The number of furan rings is 2. The fourth-order valence-corrected chi connectivity index (χ4v) is 6.88. The van der Waals surface area contributed by atoms with Crippen LogP contribution in [-0.2, 0) is 0 Å². The lowest BCUT2D eigenvalue weighted by Gasteiger charge is -2.10. The first-order valence-corrected chi connectivity index (χ1v) is 14.1. The van der Waals surface area contributed by atoms with Gasteiger partial charge in [0.05, 0.1) is 22.1 Å². The summed E-state index contributed by atoms with van der Waals surface area (Å²) < 4.78 is 15.8. The molecule has 3 aromatic heterocycles. The molecular formula is C36H20BrNO2. The van der Waals surface area contributed by atoms with Gasteiger partial charge in [-0.2, -0.15) is 0 Å². The Hall–Kier alpha value is -4.80.